The minimum atomic E-state index is -0.759. The Kier molecular flexibility index (Phi) is 6.73. The first-order valence-corrected chi connectivity index (χ1v) is 11.2. The highest BCUT2D eigenvalue weighted by molar-refractivity contribution is 5.84. The van der Waals surface area contributed by atoms with Gasteiger partial charge < -0.3 is 15.4 Å². The molecule has 0 bridgehead atoms. The van der Waals surface area contributed by atoms with Crippen LogP contribution in [0, 0.1) is 5.41 Å². The average molecular weight is 444 g/mol. The van der Waals surface area contributed by atoms with Gasteiger partial charge in [-0.1, -0.05) is 42.5 Å². The molecular weight excluding hydrogens is 414 g/mol. The Balaban J connectivity index is 1.48. The number of carbonyl (C=O) groups excluding carboxylic acids is 2. The fourth-order valence-corrected chi connectivity index (χ4v) is 4.56. The smallest absolute Gasteiger partial charge is 0.227 e. The van der Waals surface area contributed by atoms with Gasteiger partial charge in [-0.15, -0.1) is 0 Å². The molecule has 2 aromatic carbocycles. The van der Waals surface area contributed by atoms with Gasteiger partial charge in [0, 0.05) is 25.5 Å². The van der Waals surface area contributed by atoms with Crippen LogP contribution in [0.2, 0.25) is 0 Å². The van der Waals surface area contributed by atoms with Crippen molar-refractivity contribution in [1.82, 2.24) is 9.88 Å². The quantitative estimate of drug-likeness (QED) is 0.604. The Morgan fingerprint density at radius 1 is 1.03 bits per heavy atom. The van der Waals surface area contributed by atoms with Crippen LogP contribution in [-0.4, -0.2) is 41.9 Å². The summed E-state index contributed by atoms with van der Waals surface area (Å²) >= 11 is 0. The largest absolute Gasteiger partial charge is 0.497 e. The van der Waals surface area contributed by atoms with Crippen molar-refractivity contribution in [3.05, 3.63) is 84.2 Å². The molecule has 2 heterocycles. The van der Waals surface area contributed by atoms with Gasteiger partial charge in [-0.2, -0.15) is 0 Å². The highest BCUT2D eigenvalue weighted by Crippen LogP contribution is 2.34. The number of nitrogens with two attached hydrogens (primary N) is 1. The Hall–Kier alpha value is -3.67. The lowest BCUT2D eigenvalue weighted by molar-refractivity contribution is -0.139. The van der Waals surface area contributed by atoms with Gasteiger partial charge in [-0.25, -0.2) is 0 Å². The van der Waals surface area contributed by atoms with Crippen molar-refractivity contribution in [3.8, 4) is 16.9 Å². The molecule has 1 fully saturated rings. The Morgan fingerprint density at radius 3 is 2.33 bits per heavy atom. The molecular formula is C27H29N3O3. The molecule has 0 aliphatic carbocycles. The zero-order chi connectivity index (χ0) is 23.3. The van der Waals surface area contributed by atoms with Gasteiger partial charge >= 0.3 is 0 Å². The fraction of sp³-hybridized carbons (Fsp3) is 0.296. The van der Waals surface area contributed by atoms with Crippen LogP contribution >= 0.6 is 0 Å². The van der Waals surface area contributed by atoms with Crippen molar-refractivity contribution < 1.29 is 14.3 Å². The van der Waals surface area contributed by atoms with Crippen LogP contribution in [0.3, 0.4) is 0 Å². The SMILES string of the molecule is COc1ccc(-c2ccc(CC3(C(N)=O)CCCN(C(=O)Cc4cccnc4)C3)cc2)cc1. The molecule has 1 saturated heterocycles. The van der Waals surface area contributed by atoms with Crippen LogP contribution in [0.1, 0.15) is 24.0 Å². The Bertz CT molecular complexity index is 1100. The van der Waals surface area contributed by atoms with E-state index in [2.05, 4.69) is 17.1 Å². The molecule has 3 aromatic rings. The van der Waals surface area contributed by atoms with E-state index in [1.54, 1.807) is 24.4 Å². The minimum Gasteiger partial charge on any atom is -0.497 e. The third-order valence-corrected chi connectivity index (χ3v) is 6.45. The lowest BCUT2D eigenvalue weighted by Crippen LogP contribution is -2.53. The van der Waals surface area contributed by atoms with Crippen LogP contribution < -0.4 is 10.5 Å². The van der Waals surface area contributed by atoms with E-state index in [9.17, 15) is 9.59 Å². The van der Waals surface area contributed by atoms with Crippen molar-refractivity contribution in [2.24, 2.45) is 11.1 Å². The van der Waals surface area contributed by atoms with E-state index in [4.69, 9.17) is 10.5 Å². The Labute approximate surface area is 194 Å². The van der Waals surface area contributed by atoms with Crippen molar-refractivity contribution in [1.29, 1.82) is 0 Å². The highest BCUT2D eigenvalue weighted by atomic mass is 16.5. The molecule has 1 aliphatic rings. The summed E-state index contributed by atoms with van der Waals surface area (Å²) in [6, 6.07) is 19.8. The van der Waals surface area contributed by atoms with Gasteiger partial charge in [0.1, 0.15) is 5.75 Å². The van der Waals surface area contributed by atoms with Gasteiger partial charge in [-0.3, -0.25) is 14.6 Å². The lowest BCUT2D eigenvalue weighted by atomic mass is 9.74. The molecule has 33 heavy (non-hydrogen) atoms. The summed E-state index contributed by atoms with van der Waals surface area (Å²) in [7, 11) is 1.65. The van der Waals surface area contributed by atoms with E-state index in [0.717, 1.165) is 34.4 Å². The maximum atomic E-state index is 12.9. The second kappa shape index (κ2) is 9.86. The number of amides is 2. The molecule has 4 rings (SSSR count). The normalized spacial score (nSPS) is 18.0. The number of ether oxygens (including phenoxy) is 1. The first-order chi connectivity index (χ1) is 16.0. The van der Waals surface area contributed by atoms with E-state index in [1.807, 2.05) is 48.5 Å². The maximum Gasteiger partial charge on any atom is 0.227 e. The molecule has 2 N–H and O–H groups in total. The molecule has 170 valence electrons. The molecule has 6 nitrogen and oxygen atoms in total. The molecule has 0 radical (unpaired) electrons. The molecule has 1 unspecified atom stereocenters. The predicted octanol–water partition coefficient (Wildman–Crippen LogP) is 3.64. The zero-order valence-electron chi connectivity index (χ0n) is 18.9. The third-order valence-electron chi connectivity index (χ3n) is 6.45. The summed E-state index contributed by atoms with van der Waals surface area (Å²) in [5.74, 6) is 0.475. The van der Waals surface area contributed by atoms with E-state index < -0.39 is 5.41 Å². The number of hydrogen-bond acceptors (Lipinski definition) is 4. The van der Waals surface area contributed by atoms with E-state index in [0.29, 0.717) is 25.9 Å². The van der Waals surface area contributed by atoms with Crippen LogP contribution in [0.15, 0.2) is 73.1 Å². The summed E-state index contributed by atoms with van der Waals surface area (Å²) in [5, 5.41) is 0. The molecule has 1 aliphatic heterocycles. The average Bonchev–Trinajstić information content (AvgIpc) is 2.85. The number of hydrogen-bond donors (Lipinski definition) is 1. The van der Waals surface area contributed by atoms with E-state index in [-0.39, 0.29) is 18.2 Å². The number of benzene rings is 2. The second-order valence-electron chi connectivity index (χ2n) is 8.70. The van der Waals surface area contributed by atoms with Crippen LogP contribution in [0.5, 0.6) is 5.75 Å². The number of methoxy groups -OCH3 is 1. The van der Waals surface area contributed by atoms with E-state index >= 15 is 0 Å². The first-order valence-electron chi connectivity index (χ1n) is 11.2. The van der Waals surface area contributed by atoms with Gasteiger partial charge in [0.15, 0.2) is 0 Å². The van der Waals surface area contributed by atoms with Gasteiger partial charge in [0.05, 0.1) is 18.9 Å². The maximum absolute atomic E-state index is 12.9. The zero-order valence-corrected chi connectivity index (χ0v) is 18.9. The molecule has 0 spiro atoms. The minimum absolute atomic E-state index is 0.00294. The van der Waals surface area contributed by atoms with Crippen LogP contribution in [0.4, 0.5) is 0 Å². The van der Waals surface area contributed by atoms with Gasteiger partial charge in [0.2, 0.25) is 11.8 Å². The Morgan fingerprint density at radius 2 is 1.73 bits per heavy atom. The fourth-order valence-electron chi connectivity index (χ4n) is 4.56. The number of piperidine rings is 1. The molecule has 2 amide bonds. The number of aromatic nitrogens is 1. The molecule has 1 atom stereocenters. The molecule has 0 saturated carbocycles. The summed E-state index contributed by atoms with van der Waals surface area (Å²) in [6.45, 7) is 0.992. The molecule has 6 heteroatoms. The standard InChI is InChI=1S/C27H29N3O3/c1-33-24-11-9-23(10-12-24)22-7-5-20(6-8-22)17-27(26(28)32)13-3-15-30(19-27)25(31)16-21-4-2-14-29-18-21/h2,4-12,14,18H,3,13,15-17,19H2,1H3,(H2,28,32). The van der Waals surface area contributed by atoms with Gasteiger partial charge in [0.25, 0.3) is 0 Å². The van der Waals surface area contributed by atoms with E-state index in [1.165, 1.54) is 0 Å². The highest BCUT2D eigenvalue weighted by Gasteiger charge is 2.42. The lowest BCUT2D eigenvalue weighted by Gasteiger charge is -2.41. The number of pyridine rings is 1. The predicted molar refractivity (Wildman–Crippen MR) is 128 cm³/mol. The summed E-state index contributed by atoms with van der Waals surface area (Å²) in [4.78, 5) is 31.4. The molecule has 1 aromatic heterocycles. The second-order valence-corrected chi connectivity index (χ2v) is 8.70. The monoisotopic (exact) mass is 443 g/mol. The van der Waals surface area contributed by atoms with Gasteiger partial charge in [-0.05, 0) is 59.7 Å². The van der Waals surface area contributed by atoms with Crippen molar-refractivity contribution in [2.75, 3.05) is 20.2 Å². The van der Waals surface area contributed by atoms with Crippen molar-refractivity contribution >= 4 is 11.8 Å². The van der Waals surface area contributed by atoms with Crippen LogP contribution in [-0.2, 0) is 22.4 Å². The summed E-state index contributed by atoms with van der Waals surface area (Å²) in [6.07, 6.45) is 5.62. The first kappa shape index (κ1) is 22.5. The van der Waals surface area contributed by atoms with Crippen molar-refractivity contribution in [2.45, 2.75) is 25.7 Å². The number of primary amides is 1. The topological polar surface area (TPSA) is 85.5 Å². The number of rotatable bonds is 7. The summed E-state index contributed by atoms with van der Waals surface area (Å²) in [5.41, 5.74) is 9.24. The summed E-state index contributed by atoms with van der Waals surface area (Å²) < 4.78 is 5.23. The number of likely N-dealkylation sites (tertiary alicyclic amines) is 1. The number of carbonyl (C=O) groups is 2. The van der Waals surface area contributed by atoms with Crippen molar-refractivity contribution in [3.63, 3.8) is 0 Å². The van der Waals surface area contributed by atoms with Crippen LogP contribution in [0.25, 0.3) is 11.1 Å². The number of nitrogens with zero attached hydrogens (tertiary/aromatic N) is 2. The third kappa shape index (κ3) is 5.22.